The summed E-state index contributed by atoms with van der Waals surface area (Å²) in [5, 5.41) is 6.71. The van der Waals surface area contributed by atoms with Crippen molar-refractivity contribution in [3.63, 3.8) is 0 Å². The van der Waals surface area contributed by atoms with Gasteiger partial charge in [-0.2, -0.15) is 0 Å². The second-order valence-electron chi connectivity index (χ2n) is 7.19. The highest BCUT2D eigenvalue weighted by Gasteiger charge is 2.21. The number of nitrogens with one attached hydrogen (secondary N) is 2. The molecule has 0 amide bonds. The Kier molecular flexibility index (Phi) is 12.5. The normalized spacial score (nSPS) is 17.4. The first kappa shape index (κ1) is 27.8. The van der Waals surface area contributed by atoms with Crippen LogP contribution in [0.5, 0.6) is 11.5 Å². The lowest BCUT2D eigenvalue weighted by atomic mass is 10.1. The van der Waals surface area contributed by atoms with Gasteiger partial charge >= 0.3 is 0 Å². The van der Waals surface area contributed by atoms with E-state index in [1.165, 1.54) is 0 Å². The van der Waals surface area contributed by atoms with E-state index < -0.39 is 9.84 Å². The van der Waals surface area contributed by atoms with Crippen LogP contribution in [0.1, 0.15) is 39.3 Å². The van der Waals surface area contributed by atoms with Gasteiger partial charge in [0.2, 0.25) is 0 Å². The number of ether oxygens (including phenoxy) is 2. The number of nitrogens with zero attached hydrogens (tertiary/aromatic N) is 2. The zero-order valence-corrected chi connectivity index (χ0v) is 22.2. The van der Waals surface area contributed by atoms with E-state index in [9.17, 15) is 8.42 Å². The molecule has 0 bridgehead atoms. The highest BCUT2D eigenvalue weighted by molar-refractivity contribution is 14.0. The Balaban J connectivity index is 0.00000480. The molecule has 1 atom stereocenters. The van der Waals surface area contributed by atoms with Gasteiger partial charge in [-0.05, 0) is 45.4 Å². The van der Waals surface area contributed by atoms with Gasteiger partial charge < -0.3 is 20.1 Å². The third-order valence-electron chi connectivity index (χ3n) is 4.89. The molecule has 1 heterocycles. The average Bonchev–Trinajstić information content (AvgIpc) is 2.71. The Morgan fingerprint density at radius 3 is 2.39 bits per heavy atom. The highest BCUT2D eigenvalue weighted by Crippen LogP contribution is 2.30. The van der Waals surface area contributed by atoms with Crippen LogP contribution in [0.2, 0.25) is 0 Å². The fourth-order valence-corrected chi connectivity index (χ4v) is 4.50. The van der Waals surface area contributed by atoms with Crippen LogP contribution in [0, 0.1) is 0 Å². The molecule has 0 aromatic heterocycles. The highest BCUT2D eigenvalue weighted by atomic mass is 127. The van der Waals surface area contributed by atoms with Crippen molar-refractivity contribution in [1.29, 1.82) is 0 Å². The summed E-state index contributed by atoms with van der Waals surface area (Å²) in [7, 11) is -2.85. The van der Waals surface area contributed by atoms with Gasteiger partial charge in [0.15, 0.2) is 27.3 Å². The van der Waals surface area contributed by atoms with E-state index >= 15 is 0 Å². The second kappa shape index (κ2) is 14.0. The van der Waals surface area contributed by atoms with Gasteiger partial charge in [-0.25, -0.2) is 8.42 Å². The van der Waals surface area contributed by atoms with Gasteiger partial charge in [0, 0.05) is 26.2 Å². The zero-order valence-electron chi connectivity index (χ0n) is 19.0. The third-order valence-corrected chi connectivity index (χ3v) is 6.50. The van der Waals surface area contributed by atoms with Crippen molar-refractivity contribution in [3.8, 4) is 11.5 Å². The van der Waals surface area contributed by atoms with E-state index in [4.69, 9.17) is 9.47 Å². The summed E-state index contributed by atoms with van der Waals surface area (Å²) < 4.78 is 34.5. The third kappa shape index (κ3) is 9.40. The van der Waals surface area contributed by atoms with E-state index in [1.54, 1.807) is 0 Å². The Morgan fingerprint density at radius 2 is 1.77 bits per heavy atom. The minimum atomic E-state index is -2.85. The first-order valence-corrected chi connectivity index (χ1v) is 12.6. The molecule has 1 saturated heterocycles. The Labute approximate surface area is 204 Å². The molecule has 31 heavy (non-hydrogen) atoms. The molecule has 0 aliphatic carbocycles. The quantitative estimate of drug-likeness (QED) is 0.255. The molecule has 0 spiro atoms. The van der Waals surface area contributed by atoms with E-state index in [0.29, 0.717) is 32.8 Å². The zero-order chi connectivity index (χ0) is 22.0. The van der Waals surface area contributed by atoms with Crippen molar-refractivity contribution in [2.24, 2.45) is 4.99 Å². The van der Waals surface area contributed by atoms with Crippen LogP contribution in [-0.4, -0.2) is 76.7 Å². The van der Waals surface area contributed by atoms with Crippen LogP contribution in [-0.2, 0) is 9.84 Å². The van der Waals surface area contributed by atoms with E-state index in [1.807, 2.05) is 39.0 Å². The second-order valence-corrected chi connectivity index (χ2v) is 9.50. The number of hydrogen-bond donors (Lipinski definition) is 2. The standard InChI is InChI=1S/C21H36N4O4S.HI/c1-5-22-21(23-10-11-25-12-14-30(26,27)15-13-25)24-17(4)18-8-9-19(28-6-2)20(16-18)29-7-3;/h8-9,16-17H,5-7,10-15H2,1-4H3,(H2,22,23,24);1H. The molecule has 1 aromatic rings. The first-order chi connectivity index (χ1) is 14.4. The van der Waals surface area contributed by atoms with Crippen molar-refractivity contribution in [3.05, 3.63) is 23.8 Å². The van der Waals surface area contributed by atoms with Crippen LogP contribution in [0.15, 0.2) is 23.2 Å². The predicted molar refractivity (Wildman–Crippen MR) is 137 cm³/mol. The van der Waals surface area contributed by atoms with E-state index in [0.717, 1.165) is 36.1 Å². The summed E-state index contributed by atoms with van der Waals surface area (Å²) in [5.74, 6) is 2.71. The lowest BCUT2D eigenvalue weighted by Crippen LogP contribution is -2.42. The predicted octanol–water partition coefficient (Wildman–Crippen LogP) is 2.45. The number of guanidine groups is 1. The summed E-state index contributed by atoms with van der Waals surface area (Å²) in [6, 6.07) is 6.00. The molecule has 1 aliphatic heterocycles. The van der Waals surface area contributed by atoms with E-state index in [2.05, 4.69) is 27.4 Å². The number of aliphatic imine (C=N–C) groups is 1. The van der Waals surface area contributed by atoms with Crippen molar-refractivity contribution in [2.75, 3.05) is 57.4 Å². The maximum Gasteiger partial charge on any atom is 0.191 e. The SMILES string of the molecule is CCNC(=NCCN1CCS(=O)(=O)CC1)NC(C)c1ccc(OCC)c(OCC)c1.I. The molecule has 2 rings (SSSR count). The summed E-state index contributed by atoms with van der Waals surface area (Å²) >= 11 is 0. The number of hydrogen-bond acceptors (Lipinski definition) is 6. The van der Waals surface area contributed by atoms with Gasteiger partial charge in [0.05, 0.1) is 37.3 Å². The van der Waals surface area contributed by atoms with Crippen LogP contribution in [0.25, 0.3) is 0 Å². The van der Waals surface area contributed by atoms with Crippen molar-refractivity contribution in [2.45, 2.75) is 33.7 Å². The van der Waals surface area contributed by atoms with E-state index in [-0.39, 0.29) is 41.5 Å². The van der Waals surface area contributed by atoms with Crippen LogP contribution in [0.3, 0.4) is 0 Å². The van der Waals surface area contributed by atoms with Crippen LogP contribution < -0.4 is 20.1 Å². The number of halogens is 1. The van der Waals surface area contributed by atoms with Gasteiger partial charge in [-0.3, -0.25) is 9.89 Å². The molecule has 8 nitrogen and oxygen atoms in total. The largest absolute Gasteiger partial charge is 0.490 e. The Morgan fingerprint density at radius 1 is 1.13 bits per heavy atom. The van der Waals surface area contributed by atoms with Crippen LogP contribution in [0.4, 0.5) is 0 Å². The Bertz CT molecular complexity index is 791. The van der Waals surface area contributed by atoms with Crippen molar-refractivity contribution in [1.82, 2.24) is 15.5 Å². The first-order valence-electron chi connectivity index (χ1n) is 10.8. The van der Waals surface area contributed by atoms with Gasteiger partial charge in [-0.1, -0.05) is 6.07 Å². The molecular weight excluding hydrogens is 531 g/mol. The molecule has 1 aliphatic rings. The molecule has 10 heteroatoms. The summed E-state index contributed by atoms with van der Waals surface area (Å²) in [4.78, 5) is 6.81. The number of benzene rings is 1. The smallest absolute Gasteiger partial charge is 0.191 e. The summed E-state index contributed by atoms with van der Waals surface area (Å²) in [6.45, 7) is 12.5. The lowest BCUT2D eigenvalue weighted by Gasteiger charge is -2.26. The molecule has 1 aromatic carbocycles. The average molecular weight is 569 g/mol. The number of rotatable bonds is 10. The minimum absolute atomic E-state index is 0. The molecule has 1 fully saturated rings. The molecule has 0 radical (unpaired) electrons. The summed E-state index contributed by atoms with van der Waals surface area (Å²) in [5.41, 5.74) is 1.08. The molecule has 2 N–H and O–H groups in total. The maximum atomic E-state index is 11.6. The van der Waals surface area contributed by atoms with Crippen LogP contribution >= 0.6 is 24.0 Å². The molecule has 0 saturated carbocycles. The molecular formula is C21H37IN4O4S. The number of sulfone groups is 1. The lowest BCUT2D eigenvalue weighted by molar-refractivity contribution is 0.287. The minimum Gasteiger partial charge on any atom is -0.490 e. The fourth-order valence-electron chi connectivity index (χ4n) is 3.22. The summed E-state index contributed by atoms with van der Waals surface area (Å²) in [6.07, 6.45) is 0. The maximum absolute atomic E-state index is 11.6. The fraction of sp³-hybridized carbons (Fsp3) is 0.667. The molecule has 178 valence electrons. The van der Waals surface area contributed by atoms with Crippen molar-refractivity contribution >= 4 is 39.8 Å². The monoisotopic (exact) mass is 568 g/mol. The van der Waals surface area contributed by atoms with Crippen molar-refractivity contribution < 1.29 is 17.9 Å². The van der Waals surface area contributed by atoms with Gasteiger partial charge in [0.1, 0.15) is 0 Å². The Hall–Kier alpha value is -1.27. The van der Waals surface area contributed by atoms with Gasteiger partial charge in [-0.15, -0.1) is 24.0 Å². The van der Waals surface area contributed by atoms with Gasteiger partial charge in [0.25, 0.3) is 0 Å². The topological polar surface area (TPSA) is 92.3 Å². The molecule has 1 unspecified atom stereocenters.